The van der Waals surface area contributed by atoms with Crippen LogP contribution >= 0.6 is 11.6 Å². The lowest BCUT2D eigenvalue weighted by Gasteiger charge is -2.18. The van der Waals surface area contributed by atoms with Crippen LogP contribution in [0, 0.1) is 12.7 Å². The van der Waals surface area contributed by atoms with Gasteiger partial charge in [0.05, 0.1) is 11.3 Å². The predicted molar refractivity (Wildman–Crippen MR) is 119 cm³/mol. The highest BCUT2D eigenvalue weighted by Crippen LogP contribution is 2.28. The molecule has 154 valence electrons. The zero-order valence-corrected chi connectivity index (χ0v) is 17.2. The molecule has 1 amide bonds. The van der Waals surface area contributed by atoms with Crippen LogP contribution < -0.4 is 10.7 Å². The smallest absolute Gasteiger partial charge is 0.256 e. The average molecular weight is 434 g/mol. The van der Waals surface area contributed by atoms with Crippen molar-refractivity contribution in [3.8, 4) is 16.8 Å². The van der Waals surface area contributed by atoms with E-state index in [1.165, 1.54) is 28.9 Å². The molecule has 0 unspecified atom stereocenters. The van der Waals surface area contributed by atoms with E-state index in [1.807, 2.05) is 18.2 Å². The Hall–Kier alpha value is -3.77. The van der Waals surface area contributed by atoms with Gasteiger partial charge in [-0.2, -0.15) is 5.10 Å². The molecule has 0 saturated carbocycles. The van der Waals surface area contributed by atoms with Crippen molar-refractivity contribution in [1.82, 2.24) is 9.78 Å². The first-order valence-corrected chi connectivity index (χ1v) is 9.84. The molecule has 4 aromatic rings. The summed E-state index contributed by atoms with van der Waals surface area (Å²) in [6.07, 6.45) is 0. The number of rotatable bonds is 4. The minimum atomic E-state index is -0.495. The van der Waals surface area contributed by atoms with Gasteiger partial charge in [-0.3, -0.25) is 9.59 Å². The van der Waals surface area contributed by atoms with Crippen molar-refractivity contribution in [1.29, 1.82) is 0 Å². The van der Waals surface area contributed by atoms with Crippen LogP contribution in [0.4, 0.5) is 10.2 Å². The van der Waals surface area contributed by atoms with Gasteiger partial charge in [0.25, 0.3) is 5.91 Å². The first-order chi connectivity index (χ1) is 14.9. The molecule has 31 heavy (non-hydrogen) atoms. The molecule has 3 aromatic carbocycles. The molecule has 0 atom stereocenters. The number of hydrogen-bond acceptors (Lipinski definition) is 3. The summed E-state index contributed by atoms with van der Waals surface area (Å²) in [4.78, 5) is 26.0. The molecule has 7 heteroatoms. The number of halogens is 2. The van der Waals surface area contributed by atoms with E-state index in [0.717, 1.165) is 0 Å². The summed E-state index contributed by atoms with van der Waals surface area (Å²) in [5, 5.41) is 7.75. The number of aromatic nitrogens is 2. The molecule has 5 nitrogen and oxygen atoms in total. The van der Waals surface area contributed by atoms with Crippen LogP contribution in [0.1, 0.15) is 16.1 Å². The van der Waals surface area contributed by atoms with Gasteiger partial charge in [0.1, 0.15) is 17.3 Å². The second-order valence-electron chi connectivity index (χ2n) is 6.85. The van der Waals surface area contributed by atoms with E-state index in [9.17, 15) is 14.0 Å². The van der Waals surface area contributed by atoms with E-state index in [1.54, 1.807) is 43.3 Å². The Balaban J connectivity index is 1.94. The molecule has 0 fully saturated rings. The maximum absolute atomic E-state index is 13.3. The van der Waals surface area contributed by atoms with Crippen LogP contribution in [-0.4, -0.2) is 15.7 Å². The summed E-state index contributed by atoms with van der Waals surface area (Å²) in [6.45, 7) is 1.62. The lowest BCUT2D eigenvalue weighted by Crippen LogP contribution is -2.25. The number of nitrogens with zero attached hydrogens (tertiary/aromatic N) is 2. The van der Waals surface area contributed by atoms with E-state index < -0.39 is 11.7 Å². The van der Waals surface area contributed by atoms with E-state index in [0.29, 0.717) is 21.8 Å². The highest BCUT2D eigenvalue weighted by atomic mass is 35.5. The summed E-state index contributed by atoms with van der Waals surface area (Å²) in [5.41, 5.74) is 1.77. The van der Waals surface area contributed by atoms with Gasteiger partial charge in [-0.05, 0) is 61.0 Å². The molecule has 0 saturated heterocycles. The number of anilines is 1. The molecule has 4 rings (SSSR count). The number of carbonyl (C=O) groups excluding carboxylic acids is 1. The van der Waals surface area contributed by atoms with Gasteiger partial charge in [-0.15, -0.1) is 0 Å². The molecule has 0 bridgehead atoms. The molecular formula is C24H17ClFN3O2. The first kappa shape index (κ1) is 20.5. The SMILES string of the molecule is Cc1nn(-c2ccc(Cl)cc2)c(NC(=O)c2ccc(F)cc2)c(-c2ccccc2)c1=O. The van der Waals surface area contributed by atoms with Crippen LogP contribution in [0.5, 0.6) is 0 Å². The second-order valence-corrected chi connectivity index (χ2v) is 7.29. The van der Waals surface area contributed by atoms with Crippen molar-refractivity contribution in [2.75, 3.05) is 5.32 Å². The highest BCUT2D eigenvalue weighted by molar-refractivity contribution is 6.30. The topological polar surface area (TPSA) is 64.0 Å². The Bertz CT molecular complexity index is 1300. The van der Waals surface area contributed by atoms with E-state index in [4.69, 9.17) is 11.6 Å². The van der Waals surface area contributed by atoms with Crippen molar-refractivity contribution >= 4 is 23.3 Å². The molecular weight excluding hydrogens is 417 g/mol. The molecule has 0 radical (unpaired) electrons. The van der Waals surface area contributed by atoms with Gasteiger partial charge in [-0.1, -0.05) is 41.9 Å². The Kier molecular flexibility index (Phi) is 5.64. The quantitative estimate of drug-likeness (QED) is 0.478. The third-order valence-electron chi connectivity index (χ3n) is 4.73. The molecule has 1 N–H and O–H groups in total. The molecule has 0 aliphatic carbocycles. The maximum atomic E-state index is 13.3. The summed E-state index contributed by atoms with van der Waals surface area (Å²) in [5.74, 6) is -0.736. The number of carbonyl (C=O) groups is 1. The lowest BCUT2D eigenvalue weighted by molar-refractivity contribution is 0.102. The van der Waals surface area contributed by atoms with Crippen molar-refractivity contribution in [3.63, 3.8) is 0 Å². The lowest BCUT2D eigenvalue weighted by atomic mass is 10.0. The first-order valence-electron chi connectivity index (χ1n) is 9.46. The van der Waals surface area contributed by atoms with Gasteiger partial charge in [0.2, 0.25) is 5.43 Å². The number of benzene rings is 3. The van der Waals surface area contributed by atoms with Crippen molar-refractivity contribution in [3.05, 3.63) is 111 Å². The van der Waals surface area contributed by atoms with E-state index >= 15 is 0 Å². The number of hydrogen-bond donors (Lipinski definition) is 1. The Morgan fingerprint density at radius 3 is 2.26 bits per heavy atom. The molecule has 0 spiro atoms. The monoisotopic (exact) mass is 433 g/mol. The van der Waals surface area contributed by atoms with Gasteiger partial charge in [-0.25, -0.2) is 9.07 Å². The summed E-state index contributed by atoms with van der Waals surface area (Å²) in [7, 11) is 0. The fourth-order valence-electron chi connectivity index (χ4n) is 3.18. The molecule has 1 heterocycles. The van der Waals surface area contributed by atoms with E-state index in [-0.39, 0.29) is 22.5 Å². The van der Waals surface area contributed by atoms with Crippen LogP contribution in [0.15, 0.2) is 83.7 Å². The van der Waals surface area contributed by atoms with Gasteiger partial charge < -0.3 is 5.32 Å². The van der Waals surface area contributed by atoms with E-state index in [2.05, 4.69) is 10.4 Å². The molecule has 1 aromatic heterocycles. The zero-order chi connectivity index (χ0) is 22.0. The van der Waals surface area contributed by atoms with Crippen molar-refractivity contribution in [2.45, 2.75) is 6.92 Å². The van der Waals surface area contributed by atoms with Crippen LogP contribution in [0.2, 0.25) is 5.02 Å². The summed E-state index contributed by atoms with van der Waals surface area (Å²) >= 11 is 6.02. The van der Waals surface area contributed by atoms with Gasteiger partial charge in [0.15, 0.2) is 0 Å². The minimum Gasteiger partial charge on any atom is -0.306 e. The number of aryl methyl sites for hydroxylation is 1. The predicted octanol–water partition coefficient (Wildman–Crippen LogP) is 5.25. The Morgan fingerprint density at radius 2 is 1.61 bits per heavy atom. The minimum absolute atomic E-state index is 0.207. The van der Waals surface area contributed by atoms with Crippen LogP contribution in [0.25, 0.3) is 16.8 Å². The third kappa shape index (κ3) is 4.25. The van der Waals surface area contributed by atoms with Crippen LogP contribution in [0.3, 0.4) is 0 Å². The normalized spacial score (nSPS) is 10.7. The largest absolute Gasteiger partial charge is 0.306 e. The zero-order valence-electron chi connectivity index (χ0n) is 16.5. The Morgan fingerprint density at radius 1 is 0.968 bits per heavy atom. The summed E-state index contributed by atoms with van der Waals surface area (Å²) in [6, 6.07) is 21.0. The second kappa shape index (κ2) is 8.53. The van der Waals surface area contributed by atoms with Crippen molar-refractivity contribution < 1.29 is 9.18 Å². The number of amides is 1. The molecule has 0 aliphatic rings. The van der Waals surface area contributed by atoms with Gasteiger partial charge >= 0.3 is 0 Å². The third-order valence-corrected chi connectivity index (χ3v) is 4.98. The number of nitrogens with one attached hydrogen (secondary N) is 1. The molecule has 0 aliphatic heterocycles. The van der Waals surface area contributed by atoms with Gasteiger partial charge in [0, 0.05) is 10.6 Å². The summed E-state index contributed by atoms with van der Waals surface area (Å²) < 4.78 is 14.8. The standard InChI is InChI=1S/C24H17ClFN3O2/c1-15-22(30)21(16-5-3-2-4-6-16)23(27-24(31)17-7-11-19(26)12-8-17)29(28-15)20-13-9-18(25)10-14-20/h2-14H,1H3,(H,27,31). The van der Waals surface area contributed by atoms with Crippen LogP contribution in [-0.2, 0) is 0 Å². The fourth-order valence-corrected chi connectivity index (χ4v) is 3.30. The average Bonchev–Trinajstić information content (AvgIpc) is 2.78. The fraction of sp³-hybridized carbons (Fsp3) is 0.0417. The Labute approximate surface area is 182 Å². The highest BCUT2D eigenvalue weighted by Gasteiger charge is 2.20. The maximum Gasteiger partial charge on any atom is 0.256 e. The van der Waals surface area contributed by atoms with Crippen molar-refractivity contribution in [2.24, 2.45) is 0 Å².